The van der Waals surface area contributed by atoms with Gasteiger partial charge in [0.15, 0.2) is 0 Å². The predicted molar refractivity (Wildman–Crippen MR) is 78.1 cm³/mol. The van der Waals surface area contributed by atoms with E-state index in [-0.39, 0.29) is 5.54 Å². The summed E-state index contributed by atoms with van der Waals surface area (Å²) in [4.78, 5) is 0. The number of hydrogen-bond donors (Lipinski definition) is 1. The highest BCUT2D eigenvalue weighted by Crippen LogP contribution is 2.11. The van der Waals surface area contributed by atoms with Crippen LogP contribution in [-0.4, -0.2) is 18.7 Å². The first-order valence-corrected chi connectivity index (χ1v) is 6.90. The molecule has 1 aromatic carbocycles. The highest BCUT2D eigenvalue weighted by atomic mass is 16.5. The first kappa shape index (κ1) is 15.0. The van der Waals surface area contributed by atoms with Gasteiger partial charge in [0.25, 0.3) is 0 Å². The fourth-order valence-corrected chi connectivity index (χ4v) is 1.72. The maximum absolute atomic E-state index is 5.68. The monoisotopic (exact) mass is 249 g/mol. The summed E-state index contributed by atoms with van der Waals surface area (Å²) in [5, 5.41) is 3.54. The lowest BCUT2D eigenvalue weighted by atomic mass is 10.0. The fraction of sp³-hybridized carbons (Fsp3) is 0.625. The number of nitrogens with one attached hydrogen (secondary N) is 1. The lowest BCUT2D eigenvalue weighted by Crippen LogP contribution is -2.38. The van der Waals surface area contributed by atoms with Crippen LogP contribution >= 0.6 is 0 Å². The van der Waals surface area contributed by atoms with Gasteiger partial charge < -0.3 is 10.1 Å². The molecule has 0 saturated carbocycles. The first-order valence-electron chi connectivity index (χ1n) is 6.90. The second-order valence-electron chi connectivity index (χ2n) is 6.04. The molecule has 1 aromatic rings. The van der Waals surface area contributed by atoms with E-state index in [4.69, 9.17) is 4.74 Å². The van der Waals surface area contributed by atoms with Crippen LogP contribution in [0, 0.1) is 5.92 Å². The third-order valence-electron chi connectivity index (χ3n) is 2.83. The van der Waals surface area contributed by atoms with Gasteiger partial charge in [-0.25, -0.2) is 0 Å². The van der Waals surface area contributed by atoms with Crippen molar-refractivity contribution in [3.05, 3.63) is 30.3 Å². The molecule has 0 amide bonds. The van der Waals surface area contributed by atoms with Crippen molar-refractivity contribution < 1.29 is 4.74 Å². The van der Waals surface area contributed by atoms with E-state index in [1.165, 1.54) is 6.42 Å². The molecular weight excluding hydrogens is 222 g/mol. The average Bonchev–Trinajstić information content (AvgIpc) is 2.33. The summed E-state index contributed by atoms with van der Waals surface area (Å²) in [6.07, 6.45) is 2.32. The molecular formula is C16H27NO. The number of ether oxygens (including phenoxy) is 1. The normalized spacial score (nSPS) is 13.3. The van der Waals surface area contributed by atoms with Gasteiger partial charge in [0.2, 0.25) is 0 Å². The lowest BCUT2D eigenvalue weighted by Gasteiger charge is -2.23. The van der Waals surface area contributed by atoms with E-state index in [0.29, 0.717) is 5.92 Å². The van der Waals surface area contributed by atoms with Gasteiger partial charge in [-0.3, -0.25) is 0 Å². The Bertz CT molecular complexity index is 316. The maximum Gasteiger partial charge on any atom is 0.119 e. The van der Waals surface area contributed by atoms with Crippen LogP contribution in [-0.2, 0) is 0 Å². The molecule has 0 aliphatic rings. The van der Waals surface area contributed by atoms with E-state index in [9.17, 15) is 0 Å². The summed E-state index contributed by atoms with van der Waals surface area (Å²) >= 11 is 0. The van der Waals surface area contributed by atoms with Gasteiger partial charge in [-0.2, -0.15) is 0 Å². The van der Waals surface area contributed by atoms with Crippen LogP contribution < -0.4 is 10.1 Å². The Kier molecular flexibility index (Phi) is 6.20. The van der Waals surface area contributed by atoms with Crippen molar-refractivity contribution in [1.82, 2.24) is 5.32 Å². The Morgan fingerprint density at radius 3 is 2.44 bits per heavy atom. The zero-order valence-corrected chi connectivity index (χ0v) is 12.2. The Balaban J connectivity index is 2.07. The van der Waals surface area contributed by atoms with Gasteiger partial charge in [0.1, 0.15) is 5.75 Å². The molecule has 0 heterocycles. The van der Waals surface area contributed by atoms with E-state index >= 15 is 0 Å². The Hall–Kier alpha value is -1.02. The summed E-state index contributed by atoms with van der Waals surface area (Å²) in [6, 6.07) is 10.0. The molecule has 2 heteroatoms. The van der Waals surface area contributed by atoms with Crippen LogP contribution in [0.5, 0.6) is 5.75 Å². The summed E-state index contributed by atoms with van der Waals surface area (Å²) in [7, 11) is 0. The first-order chi connectivity index (χ1) is 8.47. The molecule has 18 heavy (non-hydrogen) atoms. The maximum atomic E-state index is 5.68. The molecule has 0 saturated heterocycles. The second-order valence-corrected chi connectivity index (χ2v) is 6.04. The molecule has 0 radical (unpaired) electrons. The van der Waals surface area contributed by atoms with E-state index < -0.39 is 0 Å². The van der Waals surface area contributed by atoms with Crippen molar-refractivity contribution in [2.75, 3.05) is 13.2 Å². The van der Waals surface area contributed by atoms with E-state index in [2.05, 4.69) is 33.0 Å². The van der Waals surface area contributed by atoms with Crippen molar-refractivity contribution in [3.63, 3.8) is 0 Å². The Morgan fingerprint density at radius 1 is 1.17 bits per heavy atom. The molecule has 102 valence electrons. The van der Waals surface area contributed by atoms with Gasteiger partial charge in [-0.1, -0.05) is 25.1 Å². The van der Waals surface area contributed by atoms with Crippen molar-refractivity contribution >= 4 is 0 Å². The SMILES string of the molecule is CC(CCCOc1ccccc1)CNC(C)(C)C. The minimum absolute atomic E-state index is 0.217. The minimum Gasteiger partial charge on any atom is -0.494 e. The third kappa shape index (κ3) is 7.33. The zero-order chi connectivity index (χ0) is 13.4. The lowest BCUT2D eigenvalue weighted by molar-refractivity contribution is 0.288. The zero-order valence-electron chi connectivity index (χ0n) is 12.2. The van der Waals surface area contributed by atoms with Crippen LogP contribution in [0.2, 0.25) is 0 Å². The van der Waals surface area contributed by atoms with Crippen LogP contribution in [0.1, 0.15) is 40.5 Å². The molecule has 0 aromatic heterocycles. The molecule has 0 bridgehead atoms. The van der Waals surface area contributed by atoms with E-state index in [0.717, 1.165) is 25.3 Å². The Labute approximate surface area is 112 Å². The van der Waals surface area contributed by atoms with Gasteiger partial charge >= 0.3 is 0 Å². The van der Waals surface area contributed by atoms with Crippen molar-refractivity contribution in [2.24, 2.45) is 5.92 Å². The molecule has 1 N–H and O–H groups in total. The standard InChI is InChI=1S/C16H27NO/c1-14(13-17-16(2,3)4)9-8-12-18-15-10-6-5-7-11-15/h5-7,10-11,14,17H,8-9,12-13H2,1-4H3. The molecule has 0 aliphatic heterocycles. The highest BCUT2D eigenvalue weighted by molar-refractivity contribution is 5.20. The van der Waals surface area contributed by atoms with Crippen LogP contribution in [0.15, 0.2) is 30.3 Å². The molecule has 1 unspecified atom stereocenters. The smallest absolute Gasteiger partial charge is 0.119 e. The largest absolute Gasteiger partial charge is 0.494 e. The summed E-state index contributed by atoms with van der Waals surface area (Å²) < 4.78 is 5.68. The van der Waals surface area contributed by atoms with Crippen molar-refractivity contribution in [2.45, 2.75) is 46.1 Å². The van der Waals surface area contributed by atoms with Gasteiger partial charge in [-0.15, -0.1) is 0 Å². The third-order valence-corrected chi connectivity index (χ3v) is 2.83. The summed E-state index contributed by atoms with van der Waals surface area (Å²) in [5.74, 6) is 1.67. The van der Waals surface area contributed by atoms with Crippen molar-refractivity contribution in [3.8, 4) is 5.75 Å². The highest BCUT2D eigenvalue weighted by Gasteiger charge is 2.10. The number of rotatable bonds is 7. The molecule has 0 aliphatic carbocycles. The van der Waals surface area contributed by atoms with E-state index in [1.54, 1.807) is 0 Å². The van der Waals surface area contributed by atoms with Crippen LogP contribution in [0.25, 0.3) is 0 Å². The van der Waals surface area contributed by atoms with Crippen LogP contribution in [0.4, 0.5) is 0 Å². The van der Waals surface area contributed by atoms with Gasteiger partial charge in [0, 0.05) is 5.54 Å². The Morgan fingerprint density at radius 2 is 1.83 bits per heavy atom. The summed E-state index contributed by atoms with van der Waals surface area (Å²) in [5.41, 5.74) is 0.217. The molecule has 0 fully saturated rings. The second kappa shape index (κ2) is 7.42. The average molecular weight is 249 g/mol. The molecule has 0 spiro atoms. The van der Waals surface area contributed by atoms with Crippen molar-refractivity contribution in [1.29, 1.82) is 0 Å². The van der Waals surface area contributed by atoms with Gasteiger partial charge in [0.05, 0.1) is 6.61 Å². The molecule has 1 atom stereocenters. The van der Waals surface area contributed by atoms with Gasteiger partial charge in [-0.05, 0) is 58.2 Å². The molecule has 2 nitrogen and oxygen atoms in total. The predicted octanol–water partition coefficient (Wildman–Crippen LogP) is 3.87. The summed E-state index contributed by atoms with van der Waals surface area (Å²) in [6.45, 7) is 10.8. The van der Waals surface area contributed by atoms with Crippen LogP contribution in [0.3, 0.4) is 0 Å². The van der Waals surface area contributed by atoms with E-state index in [1.807, 2.05) is 30.3 Å². The molecule has 1 rings (SSSR count). The number of benzene rings is 1. The fourth-order valence-electron chi connectivity index (χ4n) is 1.72. The quantitative estimate of drug-likeness (QED) is 0.741. The minimum atomic E-state index is 0.217. The number of para-hydroxylation sites is 1. The topological polar surface area (TPSA) is 21.3 Å². The number of hydrogen-bond acceptors (Lipinski definition) is 2.